The van der Waals surface area contributed by atoms with Crippen molar-refractivity contribution in [3.8, 4) is 5.75 Å². The smallest absolute Gasteiger partial charge is 0.193 e. The van der Waals surface area contributed by atoms with Gasteiger partial charge in [-0.3, -0.25) is 0 Å². The molecule has 2 aromatic rings. The molecule has 0 aliphatic heterocycles. The van der Waals surface area contributed by atoms with Gasteiger partial charge in [0.25, 0.3) is 0 Å². The molecule has 0 fully saturated rings. The van der Waals surface area contributed by atoms with E-state index in [0.29, 0.717) is 12.5 Å². The molecule has 0 spiro atoms. The summed E-state index contributed by atoms with van der Waals surface area (Å²) in [6.45, 7) is 8.54. The minimum absolute atomic E-state index is 0. The SMILES string of the molecule is CCc1noc(CC)c1CN=C(N)Nc1ccc(OC(C)C)cc1.I. The standard InChI is InChI=1S/C18H26N4O2.HI/c1-5-16-15(17(6-2)24-22-16)11-20-18(19)21-13-7-9-14(10-8-13)23-12(3)4;/h7-10,12H,5-6,11H2,1-4H3,(H3,19,20,21);1H. The van der Waals surface area contributed by atoms with E-state index in [1.165, 1.54) is 0 Å². The predicted octanol–water partition coefficient (Wildman–Crippen LogP) is 4.13. The van der Waals surface area contributed by atoms with Gasteiger partial charge in [0.05, 0.1) is 18.3 Å². The molecule has 0 bridgehead atoms. The number of aliphatic imine (C=N–C) groups is 1. The van der Waals surface area contributed by atoms with Crippen molar-refractivity contribution in [1.82, 2.24) is 5.16 Å². The molecule has 0 saturated heterocycles. The zero-order chi connectivity index (χ0) is 17.5. The fraction of sp³-hybridized carbons (Fsp3) is 0.444. The zero-order valence-electron chi connectivity index (χ0n) is 15.2. The maximum absolute atomic E-state index is 5.98. The lowest BCUT2D eigenvalue weighted by Crippen LogP contribution is -2.22. The minimum atomic E-state index is 0. The van der Waals surface area contributed by atoms with Crippen LogP contribution in [0.15, 0.2) is 33.8 Å². The Labute approximate surface area is 166 Å². The van der Waals surface area contributed by atoms with E-state index in [0.717, 1.165) is 41.3 Å². The summed E-state index contributed by atoms with van der Waals surface area (Å²) in [6, 6.07) is 7.63. The van der Waals surface area contributed by atoms with Crippen LogP contribution in [0.3, 0.4) is 0 Å². The summed E-state index contributed by atoms with van der Waals surface area (Å²) in [5.74, 6) is 2.06. The summed E-state index contributed by atoms with van der Waals surface area (Å²) >= 11 is 0. The second kappa shape index (κ2) is 10.3. The summed E-state index contributed by atoms with van der Waals surface area (Å²) in [6.07, 6.45) is 1.76. The van der Waals surface area contributed by atoms with Gasteiger partial charge in [0.1, 0.15) is 11.5 Å². The summed E-state index contributed by atoms with van der Waals surface area (Å²) in [5.41, 5.74) is 8.82. The number of nitrogens with one attached hydrogen (secondary N) is 1. The van der Waals surface area contributed by atoms with E-state index >= 15 is 0 Å². The van der Waals surface area contributed by atoms with Gasteiger partial charge < -0.3 is 20.3 Å². The second-order valence-corrected chi connectivity index (χ2v) is 5.76. The number of rotatable bonds is 7. The van der Waals surface area contributed by atoms with E-state index in [9.17, 15) is 0 Å². The van der Waals surface area contributed by atoms with Crippen LogP contribution in [0, 0.1) is 0 Å². The van der Waals surface area contributed by atoms with Gasteiger partial charge in [0, 0.05) is 17.7 Å². The van der Waals surface area contributed by atoms with Gasteiger partial charge in [-0.05, 0) is 44.5 Å². The van der Waals surface area contributed by atoms with Gasteiger partial charge in [-0.15, -0.1) is 24.0 Å². The highest BCUT2D eigenvalue weighted by Crippen LogP contribution is 2.18. The Kier molecular flexibility index (Phi) is 8.74. The third-order valence-electron chi connectivity index (χ3n) is 3.51. The van der Waals surface area contributed by atoms with Crippen LogP contribution < -0.4 is 15.8 Å². The van der Waals surface area contributed by atoms with Crippen LogP contribution in [0.1, 0.15) is 44.7 Å². The average molecular weight is 458 g/mol. The summed E-state index contributed by atoms with van der Waals surface area (Å²) in [4.78, 5) is 4.40. The summed E-state index contributed by atoms with van der Waals surface area (Å²) in [7, 11) is 0. The Bertz CT molecular complexity index is 659. The Morgan fingerprint density at radius 2 is 1.92 bits per heavy atom. The normalized spacial score (nSPS) is 11.3. The fourth-order valence-electron chi connectivity index (χ4n) is 2.36. The van der Waals surface area contributed by atoms with Crippen molar-refractivity contribution in [2.45, 2.75) is 53.2 Å². The first-order chi connectivity index (χ1) is 11.5. The van der Waals surface area contributed by atoms with Gasteiger partial charge in [-0.1, -0.05) is 19.0 Å². The lowest BCUT2D eigenvalue weighted by atomic mass is 10.1. The Hall–Kier alpha value is -1.77. The van der Waals surface area contributed by atoms with Gasteiger partial charge in [-0.25, -0.2) is 4.99 Å². The molecule has 138 valence electrons. The van der Waals surface area contributed by atoms with Gasteiger partial charge >= 0.3 is 0 Å². The van der Waals surface area contributed by atoms with E-state index in [2.05, 4.69) is 15.5 Å². The van der Waals surface area contributed by atoms with Gasteiger partial charge in [0.2, 0.25) is 0 Å². The fourth-order valence-corrected chi connectivity index (χ4v) is 2.36. The number of halogens is 1. The second-order valence-electron chi connectivity index (χ2n) is 5.76. The predicted molar refractivity (Wildman–Crippen MR) is 112 cm³/mol. The lowest BCUT2D eigenvalue weighted by molar-refractivity contribution is 0.242. The first kappa shape index (κ1) is 21.3. The largest absolute Gasteiger partial charge is 0.491 e. The number of nitrogens with two attached hydrogens (primary N) is 1. The number of aromatic nitrogens is 1. The quantitative estimate of drug-likeness (QED) is 0.370. The number of ether oxygens (including phenoxy) is 1. The van der Waals surface area contributed by atoms with Crippen LogP contribution in [0.2, 0.25) is 0 Å². The molecule has 2 rings (SSSR count). The van der Waals surface area contributed by atoms with Crippen molar-refractivity contribution in [2.24, 2.45) is 10.7 Å². The van der Waals surface area contributed by atoms with E-state index in [4.69, 9.17) is 15.0 Å². The molecule has 0 amide bonds. The molecule has 6 nitrogen and oxygen atoms in total. The first-order valence-corrected chi connectivity index (χ1v) is 8.33. The van der Waals surface area contributed by atoms with Crippen LogP contribution in [0.4, 0.5) is 5.69 Å². The lowest BCUT2D eigenvalue weighted by Gasteiger charge is -2.11. The Morgan fingerprint density at radius 3 is 2.48 bits per heavy atom. The van der Waals surface area contributed by atoms with Crippen molar-refractivity contribution in [3.05, 3.63) is 41.3 Å². The molecule has 0 unspecified atom stereocenters. The third kappa shape index (κ3) is 6.22. The van der Waals surface area contributed by atoms with Crippen molar-refractivity contribution in [2.75, 3.05) is 5.32 Å². The molecule has 0 aliphatic carbocycles. The minimum Gasteiger partial charge on any atom is -0.491 e. The van der Waals surface area contributed by atoms with Crippen LogP contribution in [-0.4, -0.2) is 17.2 Å². The van der Waals surface area contributed by atoms with Crippen LogP contribution >= 0.6 is 24.0 Å². The Balaban J connectivity index is 0.00000312. The molecular weight excluding hydrogens is 431 g/mol. The van der Waals surface area contributed by atoms with Crippen LogP contribution in [0.5, 0.6) is 5.75 Å². The maximum atomic E-state index is 5.98. The number of hydrogen-bond acceptors (Lipinski definition) is 4. The molecule has 1 aromatic carbocycles. The molecule has 0 saturated carbocycles. The molecule has 0 atom stereocenters. The topological polar surface area (TPSA) is 85.7 Å². The average Bonchev–Trinajstić information content (AvgIpc) is 2.96. The van der Waals surface area contributed by atoms with Gasteiger partial charge in [-0.2, -0.15) is 0 Å². The molecule has 3 N–H and O–H groups in total. The number of anilines is 1. The number of benzene rings is 1. The van der Waals surface area contributed by atoms with E-state index in [-0.39, 0.29) is 30.1 Å². The van der Waals surface area contributed by atoms with Crippen LogP contribution in [0.25, 0.3) is 0 Å². The molecule has 1 aromatic heterocycles. The number of hydrogen-bond donors (Lipinski definition) is 2. The van der Waals surface area contributed by atoms with Crippen molar-refractivity contribution in [1.29, 1.82) is 0 Å². The molecular formula is C18H27IN4O2. The maximum Gasteiger partial charge on any atom is 0.193 e. The zero-order valence-corrected chi connectivity index (χ0v) is 17.5. The molecule has 1 heterocycles. The monoisotopic (exact) mass is 458 g/mol. The number of guanidine groups is 1. The molecule has 0 radical (unpaired) electrons. The Morgan fingerprint density at radius 1 is 1.24 bits per heavy atom. The van der Waals surface area contributed by atoms with Crippen molar-refractivity contribution in [3.63, 3.8) is 0 Å². The molecule has 0 aliphatic rings. The van der Waals surface area contributed by atoms with Crippen LogP contribution in [-0.2, 0) is 19.4 Å². The number of nitrogens with zero attached hydrogens (tertiary/aromatic N) is 2. The summed E-state index contributed by atoms with van der Waals surface area (Å²) < 4.78 is 11.0. The third-order valence-corrected chi connectivity index (χ3v) is 3.51. The van der Waals surface area contributed by atoms with E-state index in [1.54, 1.807) is 0 Å². The highest BCUT2D eigenvalue weighted by atomic mass is 127. The molecule has 25 heavy (non-hydrogen) atoms. The number of aryl methyl sites for hydroxylation is 2. The van der Waals surface area contributed by atoms with Gasteiger partial charge in [0.15, 0.2) is 5.96 Å². The highest BCUT2D eigenvalue weighted by Gasteiger charge is 2.12. The summed E-state index contributed by atoms with van der Waals surface area (Å²) in [5, 5.41) is 7.16. The van der Waals surface area contributed by atoms with E-state index in [1.807, 2.05) is 52.0 Å². The van der Waals surface area contributed by atoms with Crippen molar-refractivity contribution < 1.29 is 9.26 Å². The van der Waals surface area contributed by atoms with E-state index < -0.39 is 0 Å². The highest BCUT2D eigenvalue weighted by molar-refractivity contribution is 14.0. The molecule has 7 heteroatoms. The van der Waals surface area contributed by atoms with Crippen molar-refractivity contribution >= 4 is 35.6 Å². The first-order valence-electron chi connectivity index (χ1n) is 8.33.